The Balaban J connectivity index is 1.86. The highest BCUT2D eigenvalue weighted by molar-refractivity contribution is 6.30. The highest BCUT2D eigenvalue weighted by Gasteiger charge is 2.09. The number of nitro groups is 1. The summed E-state index contributed by atoms with van der Waals surface area (Å²) >= 11 is 6.11. The van der Waals surface area contributed by atoms with E-state index in [1.807, 2.05) is 42.5 Å². The minimum Gasteiger partial charge on any atom is -0.457 e. The number of halogens is 1. The van der Waals surface area contributed by atoms with E-state index < -0.39 is 4.92 Å². The van der Waals surface area contributed by atoms with Crippen LogP contribution in [0.5, 0.6) is 11.5 Å². The van der Waals surface area contributed by atoms with Gasteiger partial charge in [0.2, 0.25) is 0 Å². The van der Waals surface area contributed by atoms with E-state index in [9.17, 15) is 10.1 Å². The molecule has 0 aromatic heterocycles. The van der Waals surface area contributed by atoms with Crippen molar-refractivity contribution in [3.8, 4) is 11.5 Å². The lowest BCUT2D eigenvalue weighted by Gasteiger charge is -2.12. The van der Waals surface area contributed by atoms with E-state index in [4.69, 9.17) is 16.3 Å². The van der Waals surface area contributed by atoms with E-state index in [1.54, 1.807) is 18.2 Å². The van der Waals surface area contributed by atoms with Gasteiger partial charge in [-0.05, 0) is 35.9 Å². The van der Waals surface area contributed by atoms with Gasteiger partial charge in [0, 0.05) is 29.1 Å². The number of non-ortho nitro benzene ring substituents is 1. The van der Waals surface area contributed by atoms with Crippen LogP contribution in [0.2, 0.25) is 5.02 Å². The number of nitrogens with zero attached hydrogens (tertiary/aromatic N) is 1. The number of rotatable bonds is 5. The Morgan fingerprint density at radius 1 is 0.958 bits per heavy atom. The standard InChI is InChI=1S/C19H14ClNO3/c20-16-6-11-19(15(13-16)12-14-4-2-1-3-5-14)24-18-9-7-17(8-10-18)21(22)23/h1-11,13H,12H2. The molecule has 0 bridgehead atoms. The van der Waals surface area contributed by atoms with Gasteiger partial charge in [0.05, 0.1) is 4.92 Å². The molecule has 0 fully saturated rings. The van der Waals surface area contributed by atoms with E-state index in [1.165, 1.54) is 12.1 Å². The number of ether oxygens (including phenoxy) is 1. The Bertz CT molecular complexity index is 848. The molecular weight excluding hydrogens is 326 g/mol. The van der Waals surface area contributed by atoms with E-state index in [-0.39, 0.29) is 5.69 Å². The normalized spacial score (nSPS) is 10.4. The molecule has 0 radical (unpaired) electrons. The maximum absolute atomic E-state index is 10.7. The van der Waals surface area contributed by atoms with Crippen LogP contribution in [-0.2, 0) is 6.42 Å². The van der Waals surface area contributed by atoms with E-state index in [0.29, 0.717) is 22.9 Å². The van der Waals surface area contributed by atoms with Gasteiger partial charge in [0.25, 0.3) is 5.69 Å². The van der Waals surface area contributed by atoms with Crippen LogP contribution in [0.1, 0.15) is 11.1 Å². The van der Waals surface area contributed by atoms with Crippen molar-refractivity contribution < 1.29 is 9.66 Å². The van der Waals surface area contributed by atoms with Crippen molar-refractivity contribution in [1.82, 2.24) is 0 Å². The van der Waals surface area contributed by atoms with Crippen molar-refractivity contribution in [2.24, 2.45) is 0 Å². The molecule has 0 saturated heterocycles. The van der Waals surface area contributed by atoms with Crippen LogP contribution in [0.3, 0.4) is 0 Å². The first kappa shape index (κ1) is 16.0. The molecule has 0 spiro atoms. The highest BCUT2D eigenvalue weighted by Crippen LogP contribution is 2.30. The first-order valence-electron chi connectivity index (χ1n) is 7.36. The number of hydrogen-bond acceptors (Lipinski definition) is 3. The summed E-state index contributed by atoms with van der Waals surface area (Å²) in [5, 5.41) is 11.4. The van der Waals surface area contributed by atoms with Gasteiger partial charge in [0.15, 0.2) is 0 Å². The van der Waals surface area contributed by atoms with E-state index in [2.05, 4.69) is 0 Å². The van der Waals surface area contributed by atoms with Gasteiger partial charge in [-0.2, -0.15) is 0 Å². The van der Waals surface area contributed by atoms with Crippen LogP contribution in [0.15, 0.2) is 72.8 Å². The van der Waals surface area contributed by atoms with Crippen LogP contribution < -0.4 is 4.74 Å². The van der Waals surface area contributed by atoms with Crippen molar-refractivity contribution in [2.45, 2.75) is 6.42 Å². The van der Waals surface area contributed by atoms with Crippen molar-refractivity contribution in [1.29, 1.82) is 0 Å². The van der Waals surface area contributed by atoms with Crippen molar-refractivity contribution >= 4 is 17.3 Å². The van der Waals surface area contributed by atoms with Crippen molar-refractivity contribution in [3.05, 3.63) is 99.1 Å². The molecule has 24 heavy (non-hydrogen) atoms. The molecule has 0 heterocycles. The summed E-state index contributed by atoms with van der Waals surface area (Å²) in [7, 11) is 0. The Kier molecular flexibility index (Phi) is 4.77. The van der Waals surface area contributed by atoms with Crippen LogP contribution in [0.25, 0.3) is 0 Å². The third-order valence-electron chi connectivity index (χ3n) is 3.54. The SMILES string of the molecule is O=[N+]([O-])c1ccc(Oc2ccc(Cl)cc2Cc2ccccc2)cc1. The Morgan fingerprint density at radius 3 is 2.33 bits per heavy atom. The predicted octanol–water partition coefficient (Wildman–Crippen LogP) is 5.63. The number of nitro benzene ring substituents is 1. The molecule has 3 rings (SSSR count). The maximum atomic E-state index is 10.7. The molecule has 5 heteroatoms. The maximum Gasteiger partial charge on any atom is 0.269 e. The average Bonchev–Trinajstić information content (AvgIpc) is 2.59. The Morgan fingerprint density at radius 2 is 1.67 bits per heavy atom. The summed E-state index contributed by atoms with van der Waals surface area (Å²) in [5.41, 5.74) is 2.13. The van der Waals surface area contributed by atoms with Gasteiger partial charge in [-0.15, -0.1) is 0 Å². The van der Waals surface area contributed by atoms with Crippen molar-refractivity contribution in [3.63, 3.8) is 0 Å². The minimum atomic E-state index is -0.438. The third-order valence-corrected chi connectivity index (χ3v) is 3.77. The van der Waals surface area contributed by atoms with Crippen LogP contribution in [-0.4, -0.2) is 4.92 Å². The third kappa shape index (κ3) is 3.91. The average molecular weight is 340 g/mol. The second kappa shape index (κ2) is 7.15. The fraction of sp³-hybridized carbons (Fsp3) is 0.0526. The lowest BCUT2D eigenvalue weighted by molar-refractivity contribution is -0.384. The zero-order chi connectivity index (χ0) is 16.9. The lowest BCUT2D eigenvalue weighted by Crippen LogP contribution is -1.94. The second-order valence-corrected chi connectivity index (χ2v) is 5.70. The molecule has 0 aliphatic rings. The number of hydrogen-bond donors (Lipinski definition) is 0. The first-order valence-corrected chi connectivity index (χ1v) is 7.74. The minimum absolute atomic E-state index is 0.0305. The van der Waals surface area contributed by atoms with Crippen LogP contribution >= 0.6 is 11.6 Å². The zero-order valence-corrected chi connectivity index (χ0v) is 13.4. The van der Waals surface area contributed by atoms with E-state index in [0.717, 1.165) is 11.1 Å². The molecule has 0 unspecified atom stereocenters. The predicted molar refractivity (Wildman–Crippen MR) is 93.9 cm³/mol. The first-order chi connectivity index (χ1) is 11.6. The lowest BCUT2D eigenvalue weighted by atomic mass is 10.0. The number of benzene rings is 3. The molecule has 0 N–H and O–H groups in total. The van der Waals surface area contributed by atoms with Gasteiger partial charge in [-0.1, -0.05) is 41.9 Å². The summed E-state index contributed by atoms with van der Waals surface area (Å²) in [6.45, 7) is 0. The van der Waals surface area contributed by atoms with Gasteiger partial charge in [-0.25, -0.2) is 0 Å². The van der Waals surface area contributed by atoms with Crippen LogP contribution in [0, 0.1) is 10.1 Å². The molecule has 120 valence electrons. The van der Waals surface area contributed by atoms with Gasteiger partial charge in [0.1, 0.15) is 11.5 Å². The second-order valence-electron chi connectivity index (χ2n) is 5.27. The largest absolute Gasteiger partial charge is 0.457 e. The van der Waals surface area contributed by atoms with Gasteiger partial charge in [-0.3, -0.25) is 10.1 Å². The summed E-state index contributed by atoms with van der Waals surface area (Å²) in [6, 6.07) is 21.5. The molecule has 0 atom stereocenters. The Hall–Kier alpha value is -2.85. The fourth-order valence-corrected chi connectivity index (χ4v) is 2.56. The zero-order valence-electron chi connectivity index (χ0n) is 12.7. The molecule has 0 saturated carbocycles. The summed E-state index contributed by atoms with van der Waals surface area (Å²) < 4.78 is 5.89. The molecule has 0 amide bonds. The fourth-order valence-electron chi connectivity index (χ4n) is 2.36. The van der Waals surface area contributed by atoms with Crippen LogP contribution in [0.4, 0.5) is 5.69 Å². The summed E-state index contributed by atoms with van der Waals surface area (Å²) in [6.07, 6.45) is 0.684. The van der Waals surface area contributed by atoms with Gasteiger partial charge < -0.3 is 4.74 Å². The molecular formula is C19H14ClNO3. The summed E-state index contributed by atoms with van der Waals surface area (Å²) in [4.78, 5) is 10.3. The summed E-state index contributed by atoms with van der Waals surface area (Å²) in [5.74, 6) is 1.22. The molecule has 0 aliphatic heterocycles. The Labute approximate surface area is 144 Å². The molecule has 3 aromatic rings. The molecule has 4 nitrogen and oxygen atoms in total. The van der Waals surface area contributed by atoms with E-state index >= 15 is 0 Å². The van der Waals surface area contributed by atoms with Gasteiger partial charge >= 0.3 is 0 Å². The molecule has 3 aromatic carbocycles. The quantitative estimate of drug-likeness (QED) is 0.447. The van der Waals surface area contributed by atoms with Crippen molar-refractivity contribution in [2.75, 3.05) is 0 Å². The highest BCUT2D eigenvalue weighted by atomic mass is 35.5. The molecule has 0 aliphatic carbocycles. The monoisotopic (exact) mass is 339 g/mol. The topological polar surface area (TPSA) is 52.4 Å². The smallest absolute Gasteiger partial charge is 0.269 e.